The van der Waals surface area contributed by atoms with E-state index in [1.807, 2.05) is 13.8 Å². The molecule has 0 rings (SSSR count). The molecule has 74 valence electrons. The number of rotatable bonds is 6. The van der Waals surface area contributed by atoms with Crippen LogP contribution in [0.3, 0.4) is 0 Å². The summed E-state index contributed by atoms with van der Waals surface area (Å²) in [4.78, 5) is 0. The summed E-state index contributed by atoms with van der Waals surface area (Å²) in [6.45, 7) is 10.1. The highest BCUT2D eigenvalue weighted by Gasteiger charge is 2.20. The minimum Gasteiger partial charge on any atom is -0.389 e. The Morgan fingerprint density at radius 3 is 2.08 bits per heavy atom. The maximum atomic E-state index is 9.88. The van der Waals surface area contributed by atoms with Crippen LogP contribution < -0.4 is 5.32 Å². The van der Waals surface area contributed by atoms with Crippen LogP contribution in [-0.4, -0.2) is 23.8 Å². The predicted octanol–water partition coefficient (Wildman–Crippen LogP) is 1.78. The van der Waals surface area contributed by atoms with Gasteiger partial charge in [-0.2, -0.15) is 0 Å². The second-order valence-corrected chi connectivity index (χ2v) is 3.96. The molecule has 2 heteroatoms. The Labute approximate surface area is 76.4 Å². The van der Waals surface area contributed by atoms with Gasteiger partial charge in [0.1, 0.15) is 0 Å². The van der Waals surface area contributed by atoms with Crippen molar-refractivity contribution < 1.29 is 5.11 Å². The van der Waals surface area contributed by atoms with E-state index in [1.165, 1.54) is 0 Å². The molecule has 2 N–H and O–H groups in total. The van der Waals surface area contributed by atoms with Crippen LogP contribution in [0.2, 0.25) is 0 Å². The van der Waals surface area contributed by atoms with Gasteiger partial charge >= 0.3 is 0 Å². The minimum atomic E-state index is -0.491. The highest BCUT2D eigenvalue weighted by molar-refractivity contribution is 4.77. The lowest BCUT2D eigenvalue weighted by molar-refractivity contribution is 0.0321. The molecule has 12 heavy (non-hydrogen) atoms. The van der Waals surface area contributed by atoms with E-state index in [4.69, 9.17) is 0 Å². The molecule has 0 aromatic rings. The maximum absolute atomic E-state index is 9.88. The van der Waals surface area contributed by atoms with Gasteiger partial charge in [0.25, 0.3) is 0 Å². The first-order chi connectivity index (χ1) is 5.54. The number of hydrogen-bond acceptors (Lipinski definition) is 2. The Morgan fingerprint density at radius 2 is 1.75 bits per heavy atom. The molecule has 2 nitrogen and oxygen atoms in total. The number of hydrogen-bond donors (Lipinski definition) is 2. The van der Waals surface area contributed by atoms with Crippen LogP contribution in [-0.2, 0) is 0 Å². The van der Waals surface area contributed by atoms with Crippen LogP contribution in [0, 0.1) is 5.92 Å². The molecule has 0 aliphatic heterocycles. The van der Waals surface area contributed by atoms with E-state index in [1.54, 1.807) is 0 Å². The first-order valence-electron chi connectivity index (χ1n) is 4.97. The average Bonchev–Trinajstić information content (AvgIpc) is 2.03. The third-order valence-corrected chi connectivity index (χ3v) is 2.32. The van der Waals surface area contributed by atoms with Gasteiger partial charge in [0.2, 0.25) is 0 Å². The standard InChI is InChI=1S/C10H23NO/c1-5-10(12,6-2)8-11-7-9(3)4/h9,11-12H,5-8H2,1-4H3. The van der Waals surface area contributed by atoms with Crippen molar-refractivity contribution in [2.75, 3.05) is 13.1 Å². The topological polar surface area (TPSA) is 32.3 Å². The predicted molar refractivity (Wildman–Crippen MR) is 53.2 cm³/mol. The number of nitrogens with one attached hydrogen (secondary N) is 1. The summed E-state index contributed by atoms with van der Waals surface area (Å²) in [6, 6.07) is 0. The number of aliphatic hydroxyl groups is 1. The molecule has 0 fully saturated rings. The second-order valence-electron chi connectivity index (χ2n) is 3.96. The molecular formula is C10H23NO. The van der Waals surface area contributed by atoms with Crippen molar-refractivity contribution in [2.45, 2.75) is 46.1 Å². The van der Waals surface area contributed by atoms with E-state index >= 15 is 0 Å². The normalized spacial score (nSPS) is 12.5. The first kappa shape index (κ1) is 11.9. The summed E-state index contributed by atoms with van der Waals surface area (Å²) in [5.41, 5.74) is -0.491. The molecule has 0 spiro atoms. The minimum absolute atomic E-state index is 0.491. The molecule has 0 unspecified atom stereocenters. The quantitative estimate of drug-likeness (QED) is 0.642. The molecule has 0 atom stereocenters. The molecule has 0 saturated heterocycles. The fourth-order valence-electron chi connectivity index (χ4n) is 1.09. The zero-order valence-electron chi connectivity index (χ0n) is 8.85. The molecule has 0 heterocycles. The largest absolute Gasteiger partial charge is 0.389 e. The van der Waals surface area contributed by atoms with Gasteiger partial charge in [-0.1, -0.05) is 27.7 Å². The Balaban J connectivity index is 3.58. The molecule has 0 aromatic carbocycles. The van der Waals surface area contributed by atoms with Crippen LogP contribution in [0.4, 0.5) is 0 Å². The average molecular weight is 173 g/mol. The summed E-state index contributed by atoms with van der Waals surface area (Å²) < 4.78 is 0. The van der Waals surface area contributed by atoms with Crippen LogP contribution >= 0.6 is 0 Å². The second kappa shape index (κ2) is 5.55. The Hall–Kier alpha value is -0.0800. The third kappa shape index (κ3) is 4.73. The maximum Gasteiger partial charge on any atom is 0.0766 e. The summed E-state index contributed by atoms with van der Waals surface area (Å²) in [7, 11) is 0. The Kier molecular flexibility index (Phi) is 5.51. The summed E-state index contributed by atoms with van der Waals surface area (Å²) >= 11 is 0. The summed E-state index contributed by atoms with van der Waals surface area (Å²) in [5, 5.41) is 13.2. The lowest BCUT2D eigenvalue weighted by Gasteiger charge is -2.25. The van der Waals surface area contributed by atoms with Crippen LogP contribution in [0.15, 0.2) is 0 Å². The van der Waals surface area contributed by atoms with E-state index in [2.05, 4.69) is 19.2 Å². The lowest BCUT2D eigenvalue weighted by Crippen LogP contribution is -2.40. The van der Waals surface area contributed by atoms with Gasteiger partial charge in [-0.25, -0.2) is 0 Å². The van der Waals surface area contributed by atoms with Crippen molar-refractivity contribution in [3.63, 3.8) is 0 Å². The molecule has 0 bridgehead atoms. The summed E-state index contributed by atoms with van der Waals surface area (Å²) in [5.74, 6) is 0.656. The van der Waals surface area contributed by atoms with Crippen molar-refractivity contribution in [3.05, 3.63) is 0 Å². The van der Waals surface area contributed by atoms with Gasteiger partial charge in [-0.15, -0.1) is 0 Å². The van der Waals surface area contributed by atoms with E-state index in [0.717, 1.165) is 25.9 Å². The first-order valence-corrected chi connectivity index (χ1v) is 4.97. The molecule has 0 aromatic heterocycles. The van der Waals surface area contributed by atoms with Crippen molar-refractivity contribution in [2.24, 2.45) is 5.92 Å². The molecule has 0 radical (unpaired) electrons. The Bertz CT molecular complexity index is 108. The fourth-order valence-corrected chi connectivity index (χ4v) is 1.09. The molecular weight excluding hydrogens is 150 g/mol. The van der Waals surface area contributed by atoms with Gasteiger partial charge in [0.15, 0.2) is 0 Å². The lowest BCUT2D eigenvalue weighted by atomic mass is 9.97. The van der Waals surface area contributed by atoms with Gasteiger partial charge in [-0.3, -0.25) is 0 Å². The van der Waals surface area contributed by atoms with Crippen LogP contribution in [0.1, 0.15) is 40.5 Å². The van der Waals surface area contributed by atoms with E-state index in [9.17, 15) is 5.11 Å². The smallest absolute Gasteiger partial charge is 0.0766 e. The summed E-state index contributed by atoms with van der Waals surface area (Å²) in [6.07, 6.45) is 1.66. The fraction of sp³-hybridized carbons (Fsp3) is 1.00. The monoisotopic (exact) mass is 173 g/mol. The van der Waals surface area contributed by atoms with Gasteiger partial charge in [0.05, 0.1) is 5.60 Å². The van der Waals surface area contributed by atoms with Crippen molar-refractivity contribution in [3.8, 4) is 0 Å². The highest BCUT2D eigenvalue weighted by atomic mass is 16.3. The molecule has 0 amide bonds. The van der Waals surface area contributed by atoms with Gasteiger partial charge < -0.3 is 10.4 Å². The van der Waals surface area contributed by atoms with Gasteiger partial charge in [-0.05, 0) is 25.3 Å². The third-order valence-electron chi connectivity index (χ3n) is 2.32. The van der Waals surface area contributed by atoms with Crippen molar-refractivity contribution in [1.29, 1.82) is 0 Å². The molecule has 0 saturated carbocycles. The van der Waals surface area contributed by atoms with Gasteiger partial charge in [0, 0.05) is 6.54 Å². The van der Waals surface area contributed by atoms with Crippen molar-refractivity contribution in [1.82, 2.24) is 5.32 Å². The van der Waals surface area contributed by atoms with E-state index < -0.39 is 5.60 Å². The SMILES string of the molecule is CCC(O)(CC)CNCC(C)C. The highest BCUT2D eigenvalue weighted by Crippen LogP contribution is 2.12. The zero-order chi connectivity index (χ0) is 9.61. The Morgan fingerprint density at radius 1 is 1.25 bits per heavy atom. The van der Waals surface area contributed by atoms with Crippen LogP contribution in [0.25, 0.3) is 0 Å². The van der Waals surface area contributed by atoms with Crippen LogP contribution in [0.5, 0.6) is 0 Å². The molecule has 0 aliphatic rings. The van der Waals surface area contributed by atoms with E-state index in [0.29, 0.717) is 5.92 Å². The van der Waals surface area contributed by atoms with Crippen molar-refractivity contribution >= 4 is 0 Å². The van der Waals surface area contributed by atoms with E-state index in [-0.39, 0.29) is 0 Å². The zero-order valence-corrected chi connectivity index (χ0v) is 8.85. The molecule has 0 aliphatic carbocycles.